The first-order chi connectivity index (χ1) is 11.2. The quantitative estimate of drug-likeness (QED) is 0.643. The molecule has 2 aromatic carbocycles. The second-order valence-corrected chi connectivity index (χ2v) is 4.82. The van der Waals surface area contributed by atoms with Crippen molar-refractivity contribution in [2.45, 2.75) is 0 Å². The summed E-state index contributed by atoms with van der Waals surface area (Å²) in [5, 5.41) is 9.57. The summed E-state index contributed by atoms with van der Waals surface area (Å²) in [5.74, 6) is 0.863. The molecule has 114 valence electrons. The minimum absolute atomic E-state index is 0.264. The number of fused-ring (bicyclic) bond motifs is 1. The van der Waals surface area contributed by atoms with Gasteiger partial charge >= 0.3 is 5.97 Å². The van der Waals surface area contributed by atoms with E-state index in [9.17, 15) is 10.1 Å². The summed E-state index contributed by atoms with van der Waals surface area (Å²) < 4.78 is 15.8. The molecule has 5 nitrogen and oxygen atoms in total. The molecule has 0 saturated carbocycles. The third kappa shape index (κ3) is 2.40. The molecule has 0 saturated heterocycles. The fraction of sp³-hybridized carbons (Fsp3) is 0.111. The molecule has 0 unspecified atom stereocenters. The van der Waals surface area contributed by atoms with Crippen molar-refractivity contribution in [2.24, 2.45) is 0 Å². The van der Waals surface area contributed by atoms with Crippen molar-refractivity contribution in [3.8, 4) is 17.6 Å². The summed E-state index contributed by atoms with van der Waals surface area (Å²) in [4.78, 5) is 11.9. The van der Waals surface area contributed by atoms with Crippen LogP contribution in [0.4, 0.5) is 0 Å². The number of rotatable bonds is 3. The molecular weight excluding hydrogens is 294 g/mol. The van der Waals surface area contributed by atoms with E-state index in [0.717, 1.165) is 0 Å². The minimum Gasteiger partial charge on any atom is -0.493 e. The van der Waals surface area contributed by atoms with Crippen LogP contribution in [0.2, 0.25) is 0 Å². The van der Waals surface area contributed by atoms with Gasteiger partial charge in [-0.1, -0.05) is 18.2 Å². The summed E-state index contributed by atoms with van der Waals surface area (Å²) in [5.41, 5.74) is 1.92. The minimum atomic E-state index is -0.455. The maximum absolute atomic E-state index is 11.9. The van der Waals surface area contributed by atoms with Gasteiger partial charge in [0.05, 0.1) is 19.8 Å². The third-order valence-electron chi connectivity index (χ3n) is 3.60. The van der Waals surface area contributed by atoms with E-state index in [4.69, 9.17) is 14.2 Å². The maximum Gasteiger partial charge on any atom is 0.344 e. The lowest BCUT2D eigenvalue weighted by Crippen LogP contribution is -1.95. The second kappa shape index (κ2) is 5.85. The van der Waals surface area contributed by atoms with Gasteiger partial charge in [0.1, 0.15) is 11.6 Å². The van der Waals surface area contributed by atoms with Crippen molar-refractivity contribution < 1.29 is 19.0 Å². The number of allylic oxidation sites excluding steroid dienone is 1. The summed E-state index contributed by atoms with van der Waals surface area (Å²) in [6, 6.07) is 14.2. The third-order valence-corrected chi connectivity index (χ3v) is 3.60. The van der Waals surface area contributed by atoms with E-state index < -0.39 is 5.97 Å². The lowest BCUT2D eigenvalue weighted by Gasteiger charge is -2.10. The van der Waals surface area contributed by atoms with E-state index in [1.165, 1.54) is 14.2 Å². The number of nitrogens with zero attached hydrogens (tertiary/aromatic N) is 1. The number of benzene rings is 2. The SMILES string of the molecule is COc1ccc(C(C#N)=C2OC(=O)c3ccccc32)cc1OC. The number of esters is 1. The molecule has 1 aliphatic heterocycles. The normalized spacial score (nSPS) is 14.6. The smallest absolute Gasteiger partial charge is 0.344 e. The zero-order valence-corrected chi connectivity index (χ0v) is 12.6. The Balaban J connectivity index is 2.19. The van der Waals surface area contributed by atoms with Crippen LogP contribution in [0.1, 0.15) is 21.5 Å². The monoisotopic (exact) mass is 307 g/mol. The lowest BCUT2D eigenvalue weighted by atomic mass is 10.00. The summed E-state index contributed by atoms with van der Waals surface area (Å²) in [6.07, 6.45) is 0. The fourth-order valence-electron chi connectivity index (χ4n) is 2.49. The van der Waals surface area contributed by atoms with E-state index in [1.807, 2.05) is 0 Å². The molecule has 0 aromatic heterocycles. The van der Waals surface area contributed by atoms with Crippen LogP contribution in [-0.2, 0) is 4.74 Å². The van der Waals surface area contributed by atoms with E-state index in [2.05, 4.69) is 6.07 Å². The number of cyclic esters (lactones) is 1. The van der Waals surface area contributed by atoms with Gasteiger partial charge in [-0.15, -0.1) is 0 Å². The average molecular weight is 307 g/mol. The summed E-state index contributed by atoms with van der Waals surface area (Å²) in [7, 11) is 3.06. The van der Waals surface area contributed by atoms with Gasteiger partial charge in [-0.05, 0) is 29.8 Å². The highest BCUT2D eigenvalue weighted by molar-refractivity contribution is 6.10. The second-order valence-electron chi connectivity index (χ2n) is 4.82. The number of carbonyl (C=O) groups excluding carboxylic acids is 1. The van der Waals surface area contributed by atoms with Crippen molar-refractivity contribution >= 4 is 17.3 Å². The first-order valence-electron chi connectivity index (χ1n) is 6.88. The first-order valence-corrected chi connectivity index (χ1v) is 6.88. The number of methoxy groups -OCH3 is 2. The van der Waals surface area contributed by atoms with Crippen molar-refractivity contribution in [3.05, 3.63) is 59.2 Å². The van der Waals surface area contributed by atoms with Crippen LogP contribution in [0.15, 0.2) is 42.5 Å². The molecule has 5 heteroatoms. The fourth-order valence-corrected chi connectivity index (χ4v) is 2.49. The van der Waals surface area contributed by atoms with Crippen LogP contribution < -0.4 is 9.47 Å². The highest BCUT2D eigenvalue weighted by Gasteiger charge is 2.29. The van der Waals surface area contributed by atoms with Crippen molar-refractivity contribution in [1.82, 2.24) is 0 Å². The molecule has 0 atom stereocenters. The highest BCUT2D eigenvalue weighted by atomic mass is 16.5. The Kier molecular flexibility index (Phi) is 3.73. The Hall–Kier alpha value is -3.26. The Labute approximate surface area is 133 Å². The zero-order valence-electron chi connectivity index (χ0n) is 12.6. The van der Waals surface area contributed by atoms with Gasteiger partial charge < -0.3 is 14.2 Å². The molecule has 0 radical (unpaired) electrons. The van der Waals surface area contributed by atoms with Crippen LogP contribution in [0.5, 0.6) is 11.5 Å². The van der Waals surface area contributed by atoms with Crippen LogP contribution in [0.3, 0.4) is 0 Å². The van der Waals surface area contributed by atoms with Crippen LogP contribution in [0.25, 0.3) is 11.3 Å². The predicted octanol–water partition coefficient (Wildman–Crippen LogP) is 3.27. The molecule has 0 amide bonds. The predicted molar refractivity (Wildman–Crippen MR) is 83.8 cm³/mol. The zero-order chi connectivity index (χ0) is 16.4. The molecule has 3 rings (SSSR count). The van der Waals surface area contributed by atoms with Crippen LogP contribution in [-0.4, -0.2) is 20.2 Å². The Bertz CT molecular complexity index is 862. The number of nitriles is 1. The molecule has 0 spiro atoms. The van der Waals surface area contributed by atoms with Gasteiger partial charge in [-0.3, -0.25) is 0 Å². The number of hydrogen-bond acceptors (Lipinski definition) is 5. The molecule has 1 heterocycles. The summed E-state index contributed by atoms with van der Waals surface area (Å²) in [6.45, 7) is 0. The van der Waals surface area contributed by atoms with Crippen molar-refractivity contribution in [1.29, 1.82) is 5.26 Å². The van der Waals surface area contributed by atoms with Crippen LogP contribution >= 0.6 is 0 Å². The Morgan fingerprint density at radius 2 is 1.74 bits per heavy atom. The number of carbonyl (C=O) groups is 1. The average Bonchev–Trinajstić information content (AvgIpc) is 2.92. The number of hydrogen-bond donors (Lipinski definition) is 0. The lowest BCUT2D eigenvalue weighted by molar-refractivity contribution is 0.0716. The van der Waals surface area contributed by atoms with Gasteiger partial charge in [0, 0.05) is 5.56 Å². The van der Waals surface area contributed by atoms with Crippen LogP contribution in [0, 0.1) is 11.3 Å². The van der Waals surface area contributed by atoms with Gasteiger partial charge in [-0.25, -0.2) is 4.79 Å². The Morgan fingerprint density at radius 1 is 1.04 bits per heavy atom. The molecule has 2 aromatic rings. The van der Waals surface area contributed by atoms with Gasteiger partial charge in [0.15, 0.2) is 17.3 Å². The molecule has 0 bridgehead atoms. The molecule has 23 heavy (non-hydrogen) atoms. The maximum atomic E-state index is 11.9. The molecule has 1 aliphatic rings. The van der Waals surface area contributed by atoms with Gasteiger partial charge in [0.25, 0.3) is 0 Å². The molecule has 0 fully saturated rings. The van der Waals surface area contributed by atoms with Gasteiger partial charge in [-0.2, -0.15) is 5.26 Å². The molecular formula is C18H13NO4. The van der Waals surface area contributed by atoms with Crippen molar-refractivity contribution in [3.63, 3.8) is 0 Å². The highest BCUT2D eigenvalue weighted by Crippen LogP contribution is 2.37. The van der Waals surface area contributed by atoms with Crippen molar-refractivity contribution in [2.75, 3.05) is 14.2 Å². The van der Waals surface area contributed by atoms with E-state index in [1.54, 1.807) is 42.5 Å². The van der Waals surface area contributed by atoms with E-state index in [-0.39, 0.29) is 11.3 Å². The number of ether oxygens (including phenoxy) is 3. The largest absolute Gasteiger partial charge is 0.493 e. The van der Waals surface area contributed by atoms with Gasteiger partial charge in [0.2, 0.25) is 0 Å². The Morgan fingerprint density at radius 3 is 2.39 bits per heavy atom. The topological polar surface area (TPSA) is 68.5 Å². The van der Waals surface area contributed by atoms with E-state index >= 15 is 0 Å². The van der Waals surface area contributed by atoms with E-state index in [0.29, 0.717) is 28.2 Å². The molecule has 0 aliphatic carbocycles. The summed E-state index contributed by atoms with van der Waals surface area (Å²) >= 11 is 0. The standard InChI is InChI=1S/C18H13NO4/c1-21-15-8-7-11(9-16(15)22-2)14(10-19)17-12-5-3-4-6-13(12)18(20)23-17/h3-9H,1-2H3. The first kappa shape index (κ1) is 14.7. The molecule has 0 N–H and O–H groups in total.